The van der Waals surface area contributed by atoms with Crippen LogP contribution in [0, 0.1) is 0 Å². The Labute approximate surface area is 126 Å². The summed E-state index contributed by atoms with van der Waals surface area (Å²) in [6.07, 6.45) is 2.80. The second kappa shape index (κ2) is 5.61. The van der Waals surface area contributed by atoms with E-state index in [0.717, 1.165) is 11.8 Å². The van der Waals surface area contributed by atoms with Gasteiger partial charge in [-0.3, -0.25) is 4.57 Å². The average molecular weight is 326 g/mol. The maximum Gasteiger partial charge on any atom is 0.343 e. The largest absolute Gasteiger partial charge is 0.343 e. The molecule has 0 atom stereocenters. The van der Waals surface area contributed by atoms with Crippen molar-refractivity contribution in [1.29, 1.82) is 0 Å². The zero-order valence-electron chi connectivity index (χ0n) is 10.6. The van der Waals surface area contributed by atoms with Gasteiger partial charge in [0, 0.05) is 6.54 Å². The zero-order chi connectivity index (χ0) is 14.8. The van der Waals surface area contributed by atoms with Crippen LogP contribution in [0.15, 0.2) is 27.8 Å². The molecule has 0 bridgehead atoms. The molecule has 3 rings (SSSR count). The number of halogens is 1. The molecular formula is C9H8ClN9OS. The number of rotatable bonds is 4. The van der Waals surface area contributed by atoms with Gasteiger partial charge < -0.3 is 0 Å². The normalized spacial score (nSPS) is 11.0. The fourth-order valence-corrected chi connectivity index (χ4v) is 2.57. The van der Waals surface area contributed by atoms with E-state index in [-0.39, 0.29) is 16.9 Å². The molecule has 0 amide bonds. The number of aromatic amines is 1. The van der Waals surface area contributed by atoms with Crippen LogP contribution in [-0.4, -0.2) is 44.5 Å². The Kier molecular flexibility index (Phi) is 3.66. The molecule has 0 aliphatic heterocycles. The van der Waals surface area contributed by atoms with Crippen molar-refractivity contribution in [2.45, 2.75) is 23.8 Å². The van der Waals surface area contributed by atoms with Crippen LogP contribution in [0.1, 0.15) is 6.92 Å². The molecule has 0 saturated heterocycles. The van der Waals surface area contributed by atoms with Crippen LogP contribution >= 0.6 is 23.4 Å². The van der Waals surface area contributed by atoms with Gasteiger partial charge in [0.2, 0.25) is 10.4 Å². The standard InChI is InChI=1S/C9H8ClN9OS/c1-2-18-8(20)16-17-9(18)21-7-14-5(10)13-6(15-7)19-4-11-3-12-19/h3-4H,2H2,1H3,(H,16,20). The Bertz CT molecular complexity index is 811. The maximum absolute atomic E-state index is 11.5. The lowest BCUT2D eigenvalue weighted by Crippen LogP contribution is -2.16. The van der Waals surface area contributed by atoms with Gasteiger partial charge in [0.25, 0.3) is 5.95 Å². The van der Waals surface area contributed by atoms with Crippen LogP contribution < -0.4 is 5.69 Å². The number of hydrogen-bond donors (Lipinski definition) is 1. The van der Waals surface area contributed by atoms with E-state index >= 15 is 0 Å². The lowest BCUT2D eigenvalue weighted by molar-refractivity contribution is 0.658. The average Bonchev–Trinajstić information content (AvgIpc) is 3.08. The van der Waals surface area contributed by atoms with Crippen LogP contribution in [0.25, 0.3) is 5.95 Å². The Balaban J connectivity index is 1.97. The van der Waals surface area contributed by atoms with Crippen molar-refractivity contribution in [3.8, 4) is 5.95 Å². The van der Waals surface area contributed by atoms with Crippen molar-refractivity contribution in [3.63, 3.8) is 0 Å². The van der Waals surface area contributed by atoms with Crippen LogP contribution in [0.3, 0.4) is 0 Å². The minimum Gasteiger partial charge on any atom is -0.270 e. The van der Waals surface area contributed by atoms with Gasteiger partial charge in [0.15, 0.2) is 5.16 Å². The van der Waals surface area contributed by atoms with E-state index in [1.165, 1.54) is 21.9 Å². The molecule has 3 aromatic rings. The molecule has 10 nitrogen and oxygen atoms in total. The van der Waals surface area contributed by atoms with Crippen molar-refractivity contribution in [2.24, 2.45) is 0 Å². The van der Waals surface area contributed by atoms with Gasteiger partial charge in [-0.15, -0.1) is 5.10 Å². The molecule has 12 heteroatoms. The summed E-state index contributed by atoms with van der Waals surface area (Å²) in [7, 11) is 0. The first-order chi connectivity index (χ1) is 10.2. The lowest BCUT2D eigenvalue weighted by atomic mass is 10.7. The molecule has 0 aromatic carbocycles. The first kappa shape index (κ1) is 13.7. The van der Waals surface area contributed by atoms with E-state index in [1.807, 2.05) is 6.92 Å². The molecule has 108 valence electrons. The molecule has 1 N–H and O–H groups in total. The van der Waals surface area contributed by atoms with Crippen molar-refractivity contribution in [3.05, 3.63) is 28.4 Å². The number of nitrogens with one attached hydrogen (secondary N) is 1. The van der Waals surface area contributed by atoms with E-state index < -0.39 is 0 Å². The van der Waals surface area contributed by atoms with E-state index in [1.54, 1.807) is 0 Å². The Morgan fingerprint density at radius 3 is 2.95 bits per heavy atom. The molecule has 21 heavy (non-hydrogen) atoms. The van der Waals surface area contributed by atoms with Crippen molar-refractivity contribution < 1.29 is 0 Å². The van der Waals surface area contributed by atoms with Crippen molar-refractivity contribution >= 4 is 23.4 Å². The molecule has 0 saturated carbocycles. The summed E-state index contributed by atoms with van der Waals surface area (Å²) in [5.41, 5.74) is -0.295. The fraction of sp³-hybridized carbons (Fsp3) is 0.222. The summed E-state index contributed by atoms with van der Waals surface area (Å²) in [5.74, 6) is 0.232. The summed E-state index contributed by atoms with van der Waals surface area (Å²) in [6, 6.07) is 0. The van der Waals surface area contributed by atoms with Crippen LogP contribution in [-0.2, 0) is 6.54 Å². The summed E-state index contributed by atoms with van der Waals surface area (Å²) in [4.78, 5) is 27.5. The minimum absolute atomic E-state index is 0.0129. The third-order valence-electron chi connectivity index (χ3n) is 2.42. The third kappa shape index (κ3) is 2.78. The van der Waals surface area contributed by atoms with Gasteiger partial charge in [-0.05, 0) is 30.3 Å². The second-order valence-electron chi connectivity index (χ2n) is 3.68. The monoisotopic (exact) mass is 325 g/mol. The number of nitrogens with zero attached hydrogens (tertiary/aromatic N) is 8. The predicted octanol–water partition coefficient (Wildman–Crippen LogP) is 0.162. The predicted molar refractivity (Wildman–Crippen MR) is 72.4 cm³/mol. The van der Waals surface area contributed by atoms with Gasteiger partial charge in [-0.25, -0.2) is 14.9 Å². The molecule has 0 radical (unpaired) electrons. The SMILES string of the molecule is CCn1c(Sc2nc(Cl)nc(-n3cncn3)n2)n[nH]c1=O. The zero-order valence-corrected chi connectivity index (χ0v) is 12.2. The molecule has 0 unspecified atom stereocenters. The fourth-order valence-electron chi connectivity index (χ4n) is 1.52. The van der Waals surface area contributed by atoms with Gasteiger partial charge in [0.1, 0.15) is 12.7 Å². The van der Waals surface area contributed by atoms with E-state index in [0.29, 0.717) is 16.9 Å². The smallest absolute Gasteiger partial charge is 0.270 e. The van der Waals surface area contributed by atoms with Gasteiger partial charge >= 0.3 is 5.69 Å². The van der Waals surface area contributed by atoms with Crippen LogP contribution in [0.5, 0.6) is 0 Å². The van der Waals surface area contributed by atoms with Gasteiger partial charge in [-0.2, -0.15) is 24.7 Å². The van der Waals surface area contributed by atoms with Gasteiger partial charge in [-0.1, -0.05) is 0 Å². The molecular weight excluding hydrogens is 318 g/mol. The summed E-state index contributed by atoms with van der Waals surface area (Å²) in [5, 5.41) is 11.0. The molecule has 0 aliphatic carbocycles. The van der Waals surface area contributed by atoms with Crippen molar-refractivity contribution in [2.75, 3.05) is 0 Å². The quantitative estimate of drug-likeness (QED) is 0.720. The maximum atomic E-state index is 11.5. The van der Waals surface area contributed by atoms with Crippen LogP contribution in [0.4, 0.5) is 0 Å². The first-order valence-electron chi connectivity index (χ1n) is 5.77. The topological polar surface area (TPSA) is 120 Å². The van der Waals surface area contributed by atoms with E-state index in [9.17, 15) is 4.79 Å². The summed E-state index contributed by atoms with van der Waals surface area (Å²) < 4.78 is 2.81. The minimum atomic E-state index is -0.295. The first-order valence-corrected chi connectivity index (χ1v) is 6.96. The lowest BCUT2D eigenvalue weighted by Gasteiger charge is -2.03. The van der Waals surface area contributed by atoms with E-state index in [2.05, 4.69) is 35.2 Å². The van der Waals surface area contributed by atoms with Gasteiger partial charge in [0.05, 0.1) is 0 Å². The third-order valence-corrected chi connectivity index (χ3v) is 3.45. The summed E-state index contributed by atoms with van der Waals surface area (Å²) >= 11 is 6.98. The number of hydrogen-bond acceptors (Lipinski definition) is 8. The second-order valence-corrected chi connectivity index (χ2v) is 4.96. The van der Waals surface area contributed by atoms with Crippen LogP contribution in [0.2, 0.25) is 5.28 Å². The summed E-state index contributed by atoms with van der Waals surface area (Å²) in [6.45, 7) is 2.31. The highest BCUT2D eigenvalue weighted by Gasteiger charge is 2.13. The number of aromatic nitrogens is 9. The molecule has 3 heterocycles. The van der Waals surface area contributed by atoms with E-state index in [4.69, 9.17) is 11.6 Å². The van der Waals surface area contributed by atoms with Crippen molar-refractivity contribution in [1.82, 2.24) is 44.5 Å². The Morgan fingerprint density at radius 2 is 2.24 bits per heavy atom. The molecule has 0 aliphatic rings. The Morgan fingerprint density at radius 1 is 1.38 bits per heavy atom. The number of H-pyrrole nitrogens is 1. The molecule has 0 spiro atoms. The molecule has 3 aromatic heterocycles. The highest BCUT2D eigenvalue weighted by molar-refractivity contribution is 7.99. The molecule has 0 fully saturated rings. The highest BCUT2D eigenvalue weighted by atomic mass is 35.5. The Hall–Kier alpha value is -2.27. The highest BCUT2D eigenvalue weighted by Crippen LogP contribution is 2.22.